The number of hydrogen-bond acceptors (Lipinski definition) is 1. The van der Waals surface area contributed by atoms with E-state index in [4.69, 9.17) is 5.11 Å². The first kappa shape index (κ1) is 7.07. The van der Waals surface area contributed by atoms with E-state index < -0.39 is 0 Å². The smallest absolute Gasteiger partial charge is 0.0464 e. The maximum absolute atomic E-state index is 8.81. The van der Waals surface area contributed by atoms with Crippen LogP contribution in [0.5, 0.6) is 0 Å². The molecule has 0 spiro atoms. The number of hydrogen-bond donors (Lipinski definition) is 1. The Morgan fingerprint density at radius 3 is 1.56 bits per heavy atom. The molecule has 1 fully saturated rings. The van der Waals surface area contributed by atoms with Crippen molar-refractivity contribution in [1.82, 2.24) is 0 Å². The minimum absolute atomic E-state index is 0.414. The highest BCUT2D eigenvalue weighted by Crippen LogP contribution is 2.49. The maximum Gasteiger partial charge on any atom is 0.0464 e. The average Bonchev–Trinajstić information content (AvgIpc) is 2.59. The van der Waals surface area contributed by atoms with Gasteiger partial charge in [0.2, 0.25) is 0 Å². The van der Waals surface area contributed by atoms with E-state index in [0.29, 0.717) is 12.5 Å². The van der Waals surface area contributed by atoms with E-state index in [1.165, 1.54) is 12.8 Å². The van der Waals surface area contributed by atoms with Crippen LogP contribution in [0.4, 0.5) is 0 Å². The SMILES string of the molecule is CCC1C(CC)C1CO. The van der Waals surface area contributed by atoms with Crippen molar-refractivity contribution >= 4 is 0 Å². The summed E-state index contributed by atoms with van der Waals surface area (Å²) in [6.07, 6.45) is 2.51. The predicted octanol–water partition coefficient (Wildman–Crippen LogP) is 1.66. The molecule has 1 aliphatic carbocycles. The van der Waals surface area contributed by atoms with Gasteiger partial charge in [-0.3, -0.25) is 0 Å². The van der Waals surface area contributed by atoms with Crippen LogP contribution in [0.3, 0.4) is 0 Å². The Morgan fingerprint density at radius 1 is 1.00 bits per heavy atom. The van der Waals surface area contributed by atoms with Gasteiger partial charge in [0, 0.05) is 6.61 Å². The lowest BCUT2D eigenvalue weighted by molar-refractivity contribution is 0.262. The maximum atomic E-state index is 8.81. The molecule has 0 aromatic carbocycles. The van der Waals surface area contributed by atoms with E-state index >= 15 is 0 Å². The quantitative estimate of drug-likeness (QED) is 0.613. The van der Waals surface area contributed by atoms with Crippen molar-refractivity contribution in [3.63, 3.8) is 0 Å². The standard InChI is InChI=1S/C8H16O/c1-3-6-7(4-2)8(6)5-9/h6-9H,3-5H2,1-2H3. The first-order valence-electron chi connectivity index (χ1n) is 3.96. The normalized spacial score (nSPS) is 41.0. The second-order valence-corrected chi connectivity index (χ2v) is 2.99. The van der Waals surface area contributed by atoms with E-state index in [1.807, 2.05) is 0 Å². The van der Waals surface area contributed by atoms with Crippen molar-refractivity contribution in [2.24, 2.45) is 17.8 Å². The molecule has 1 aliphatic rings. The third-order valence-electron chi connectivity index (χ3n) is 2.66. The van der Waals surface area contributed by atoms with E-state index in [0.717, 1.165) is 11.8 Å². The summed E-state index contributed by atoms with van der Waals surface area (Å²) in [6.45, 7) is 4.84. The molecule has 0 bridgehead atoms. The molecule has 1 heteroatoms. The molecule has 0 radical (unpaired) electrons. The monoisotopic (exact) mass is 128 g/mol. The van der Waals surface area contributed by atoms with Gasteiger partial charge in [-0.2, -0.15) is 0 Å². The van der Waals surface area contributed by atoms with Gasteiger partial charge in [0.05, 0.1) is 0 Å². The fourth-order valence-corrected chi connectivity index (χ4v) is 2.01. The van der Waals surface area contributed by atoms with Crippen molar-refractivity contribution in [1.29, 1.82) is 0 Å². The number of rotatable bonds is 3. The second kappa shape index (κ2) is 2.70. The summed E-state index contributed by atoms with van der Waals surface area (Å²) in [6, 6.07) is 0. The minimum atomic E-state index is 0.414. The van der Waals surface area contributed by atoms with E-state index in [9.17, 15) is 0 Å². The molecule has 0 saturated heterocycles. The van der Waals surface area contributed by atoms with Crippen molar-refractivity contribution in [3.8, 4) is 0 Å². The largest absolute Gasteiger partial charge is 0.396 e. The summed E-state index contributed by atoms with van der Waals surface area (Å²) in [5.41, 5.74) is 0. The van der Waals surface area contributed by atoms with Gasteiger partial charge < -0.3 is 5.11 Å². The molecule has 1 saturated carbocycles. The Labute approximate surface area is 57.1 Å². The Kier molecular flexibility index (Phi) is 2.12. The summed E-state index contributed by atoms with van der Waals surface area (Å²) in [7, 11) is 0. The fraction of sp³-hybridized carbons (Fsp3) is 1.00. The van der Waals surface area contributed by atoms with Crippen LogP contribution in [0.15, 0.2) is 0 Å². The lowest BCUT2D eigenvalue weighted by Crippen LogP contribution is -1.87. The molecule has 1 nitrogen and oxygen atoms in total. The summed E-state index contributed by atoms with van der Waals surface area (Å²) < 4.78 is 0. The number of aliphatic hydroxyl groups is 1. The van der Waals surface area contributed by atoms with Crippen LogP contribution in [0.25, 0.3) is 0 Å². The first-order chi connectivity index (χ1) is 4.35. The summed E-state index contributed by atoms with van der Waals surface area (Å²) in [4.78, 5) is 0. The minimum Gasteiger partial charge on any atom is -0.396 e. The van der Waals surface area contributed by atoms with Crippen LogP contribution in [0.1, 0.15) is 26.7 Å². The third-order valence-corrected chi connectivity index (χ3v) is 2.66. The molecule has 0 amide bonds. The Bertz CT molecular complexity index is 65.5. The lowest BCUT2D eigenvalue weighted by Gasteiger charge is -1.84. The van der Waals surface area contributed by atoms with Crippen molar-refractivity contribution in [2.45, 2.75) is 26.7 Å². The Morgan fingerprint density at radius 2 is 1.44 bits per heavy atom. The molecule has 0 aromatic rings. The molecule has 54 valence electrons. The average molecular weight is 128 g/mol. The first-order valence-corrected chi connectivity index (χ1v) is 3.96. The fourth-order valence-electron chi connectivity index (χ4n) is 2.01. The van der Waals surface area contributed by atoms with Crippen LogP contribution < -0.4 is 0 Å². The second-order valence-electron chi connectivity index (χ2n) is 2.99. The van der Waals surface area contributed by atoms with Gasteiger partial charge in [0.15, 0.2) is 0 Å². The zero-order valence-electron chi connectivity index (χ0n) is 6.30. The van der Waals surface area contributed by atoms with Gasteiger partial charge in [-0.1, -0.05) is 26.7 Å². The van der Waals surface area contributed by atoms with E-state index in [-0.39, 0.29) is 0 Å². The van der Waals surface area contributed by atoms with Gasteiger partial charge in [-0.15, -0.1) is 0 Å². The summed E-state index contributed by atoms with van der Waals surface area (Å²) >= 11 is 0. The molecule has 0 heterocycles. The van der Waals surface area contributed by atoms with Crippen LogP contribution in [-0.2, 0) is 0 Å². The Hall–Kier alpha value is -0.0400. The number of aliphatic hydroxyl groups excluding tert-OH is 1. The highest BCUT2D eigenvalue weighted by Gasteiger charge is 2.46. The predicted molar refractivity (Wildman–Crippen MR) is 38.1 cm³/mol. The zero-order valence-corrected chi connectivity index (χ0v) is 6.30. The van der Waals surface area contributed by atoms with E-state index in [1.54, 1.807) is 0 Å². The molecule has 0 aromatic heterocycles. The molecule has 1 N–H and O–H groups in total. The molecule has 1 rings (SSSR count). The molecular weight excluding hydrogens is 112 g/mol. The molecule has 2 unspecified atom stereocenters. The van der Waals surface area contributed by atoms with Gasteiger partial charge >= 0.3 is 0 Å². The van der Waals surface area contributed by atoms with Crippen molar-refractivity contribution in [2.75, 3.05) is 6.61 Å². The van der Waals surface area contributed by atoms with Crippen LogP contribution >= 0.6 is 0 Å². The highest BCUT2D eigenvalue weighted by molar-refractivity contribution is 4.94. The van der Waals surface area contributed by atoms with Crippen LogP contribution in [0, 0.1) is 17.8 Å². The molecule has 0 aliphatic heterocycles. The highest BCUT2D eigenvalue weighted by atomic mass is 16.3. The van der Waals surface area contributed by atoms with Gasteiger partial charge in [-0.05, 0) is 17.8 Å². The third kappa shape index (κ3) is 1.11. The van der Waals surface area contributed by atoms with Crippen molar-refractivity contribution < 1.29 is 5.11 Å². The van der Waals surface area contributed by atoms with Crippen LogP contribution in [0.2, 0.25) is 0 Å². The Balaban J connectivity index is 2.26. The zero-order chi connectivity index (χ0) is 6.85. The van der Waals surface area contributed by atoms with Gasteiger partial charge in [0.25, 0.3) is 0 Å². The van der Waals surface area contributed by atoms with E-state index in [2.05, 4.69) is 13.8 Å². The molecule has 2 atom stereocenters. The molecular formula is C8H16O. The summed E-state index contributed by atoms with van der Waals surface area (Å²) in [5, 5.41) is 8.81. The van der Waals surface area contributed by atoms with Crippen molar-refractivity contribution in [3.05, 3.63) is 0 Å². The summed E-state index contributed by atoms with van der Waals surface area (Å²) in [5.74, 6) is 2.35. The van der Waals surface area contributed by atoms with Gasteiger partial charge in [-0.25, -0.2) is 0 Å². The van der Waals surface area contributed by atoms with Gasteiger partial charge in [0.1, 0.15) is 0 Å². The lowest BCUT2D eigenvalue weighted by atomic mass is 10.2. The topological polar surface area (TPSA) is 20.2 Å². The molecule has 9 heavy (non-hydrogen) atoms. The van der Waals surface area contributed by atoms with Crippen LogP contribution in [-0.4, -0.2) is 11.7 Å².